The SMILES string of the molecule is O=C(CCc1ccccc1)Nc1c(C(=O)Nc2ccc([N+](=O)[O-])cc2)oc2ccccc12. The number of carbonyl (C=O) groups excluding carboxylic acids is 2. The van der Waals surface area contributed by atoms with Gasteiger partial charge in [-0.1, -0.05) is 42.5 Å². The van der Waals surface area contributed by atoms with E-state index in [9.17, 15) is 19.7 Å². The number of para-hydroxylation sites is 1. The lowest BCUT2D eigenvalue weighted by molar-refractivity contribution is -0.384. The van der Waals surface area contributed by atoms with Gasteiger partial charge in [0, 0.05) is 29.6 Å². The van der Waals surface area contributed by atoms with Gasteiger partial charge in [0.15, 0.2) is 0 Å². The molecule has 0 fully saturated rings. The summed E-state index contributed by atoms with van der Waals surface area (Å²) in [6.07, 6.45) is 0.805. The first-order valence-electron chi connectivity index (χ1n) is 9.92. The Morgan fingerprint density at radius 1 is 0.875 bits per heavy atom. The van der Waals surface area contributed by atoms with Gasteiger partial charge in [-0.25, -0.2) is 0 Å². The first-order valence-corrected chi connectivity index (χ1v) is 9.92. The fourth-order valence-electron chi connectivity index (χ4n) is 3.29. The molecule has 2 N–H and O–H groups in total. The zero-order chi connectivity index (χ0) is 22.5. The number of hydrogen-bond donors (Lipinski definition) is 2. The maximum atomic E-state index is 12.9. The number of non-ortho nitro benzene ring substituents is 1. The van der Waals surface area contributed by atoms with Gasteiger partial charge in [-0.05, 0) is 36.2 Å². The molecule has 1 aromatic heterocycles. The second-order valence-electron chi connectivity index (χ2n) is 7.09. The second-order valence-corrected chi connectivity index (χ2v) is 7.09. The Morgan fingerprint density at radius 3 is 2.28 bits per heavy atom. The summed E-state index contributed by atoms with van der Waals surface area (Å²) < 4.78 is 5.72. The van der Waals surface area contributed by atoms with Gasteiger partial charge in [0.2, 0.25) is 11.7 Å². The number of aryl methyl sites for hydroxylation is 1. The molecule has 0 saturated heterocycles. The molecule has 2 amide bonds. The molecule has 0 bridgehead atoms. The number of amides is 2. The molecule has 1 heterocycles. The summed E-state index contributed by atoms with van der Waals surface area (Å²) in [6.45, 7) is 0. The van der Waals surface area contributed by atoms with E-state index in [0.717, 1.165) is 5.56 Å². The summed E-state index contributed by atoms with van der Waals surface area (Å²) in [6, 6.07) is 22.1. The average Bonchev–Trinajstić information content (AvgIpc) is 3.17. The Balaban J connectivity index is 1.54. The molecule has 0 saturated carbocycles. The molecule has 0 aliphatic rings. The topological polar surface area (TPSA) is 114 Å². The van der Waals surface area contributed by atoms with Crippen LogP contribution in [0.25, 0.3) is 11.0 Å². The predicted molar refractivity (Wildman–Crippen MR) is 121 cm³/mol. The van der Waals surface area contributed by atoms with Crippen molar-refractivity contribution in [3.8, 4) is 0 Å². The lowest BCUT2D eigenvalue weighted by Crippen LogP contribution is -2.17. The van der Waals surface area contributed by atoms with Crippen LogP contribution in [-0.2, 0) is 11.2 Å². The molecule has 0 radical (unpaired) electrons. The third-order valence-corrected chi connectivity index (χ3v) is 4.89. The molecular weight excluding hydrogens is 410 g/mol. The van der Waals surface area contributed by atoms with E-state index in [1.54, 1.807) is 24.3 Å². The third-order valence-electron chi connectivity index (χ3n) is 4.89. The molecule has 3 aromatic carbocycles. The van der Waals surface area contributed by atoms with Crippen LogP contribution in [0.15, 0.2) is 83.3 Å². The van der Waals surface area contributed by atoms with Crippen molar-refractivity contribution in [1.29, 1.82) is 0 Å². The number of anilines is 2. The molecule has 8 heteroatoms. The lowest BCUT2D eigenvalue weighted by Gasteiger charge is -2.07. The van der Waals surface area contributed by atoms with E-state index in [-0.39, 0.29) is 29.5 Å². The predicted octanol–water partition coefficient (Wildman–Crippen LogP) is 5.16. The molecule has 160 valence electrons. The molecule has 0 unspecified atom stereocenters. The first kappa shape index (κ1) is 20.8. The van der Waals surface area contributed by atoms with Gasteiger partial charge in [0.1, 0.15) is 11.3 Å². The number of rotatable bonds is 7. The van der Waals surface area contributed by atoms with Crippen molar-refractivity contribution in [1.82, 2.24) is 0 Å². The fraction of sp³-hybridized carbons (Fsp3) is 0.0833. The first-order chi connectivity index (χ1) is 15.5. The molecule has 4 aromatic rings. The largest absolute Gasteiger partial charge is 0.449 e. The number of nitrogens with zero attached hydrogens (tertiary/aromatic N) is 1. The summed E-state index contributed by atoms with van der Waals surface area (Å²) in [5.41, 5.74) is 2.06. The molecule has 0 atom stereocenters. The monoisotopic (exact) mass is 429 g/mol. The van der Waals surface area contributed by atoms with Gasteiger partial charge in [0.05, 0.1) is 4.92 Å². The highest BCUT2D eigenvalue weighted by Crippen LogP contribution is 2.32. The van der Waals surface area contributed by atoms with Crippen LogP contribution in [0, 0.1) is 10.1 Å². The van der Waals surface area contributed by atoms with Crippen molar-refractivity contribution in [3.63, 3.8) is 0 Å². The number of fused-ring (bicyclic) bond motifs is 1. The van der Waals surface area contributed by atoms with Crippen LogP contribution in [0.4, 0.5) is 17.1 Å². The minimum atomic E-state index is -0.576. The number of carbonyl (C=O) groups is 2. The molecule has 4 rings (SSSR count). The van der Waals surface area contributed by atoms with Crippen molar-refractivity contribution < 1.29 is 18.9 Å². The van der Waals surface area contributed by atoms with Gasteiger partial charge in [-0.3, -0.25) is 19.7 Å². The van der Waals surface area contributed by atoms with Crippen LogP contribution >= 0.6 is 0 Å². The molecule has 0 aliphatic heterocycles. The van der Waals surface area contributed by atoms with Crippen molar-refractivity contribution >= 4 is 39.8 Å². The number of furan rings is 1. The van der Waals surface area contributed by atoms with Gasteiger partial charge >= 0.3 is 0 Å². The highest BCUT2D eigenvalue weighted by atomic mass is 16.6. The molecule has 8 nitrogen and oxygen atoms in total. The Labute approximate surface area is 183 Å². The van der Waals surface area contributed by atoms with E-state index in [0.29, 0.717) is 23.1 Å². The van der Waals surface area contributed by atoms with Gasteiger partial charge in [-0.2, -0.15) is 0 Å². The van der Waals surface area contributed by atoms with E-state index in [1.807, 2.05) is 30.3 Å². The maximum Gasteiger partial charge on any atom is 0.293 e. The third kappa shape index (κ3) is 4.65. The maximum absolute atomic E-state index is 12.9. The summed E-state index contributed by atoms with van der Waals surface area (Å²) >= 11 is 0. The number of nitro groups is 1. The van der Waals surface area contributed by atoms with E-state index in [4.69, 9.17) is 4.42 Å². The van der Waals surface area contributed by atoms with Gasteiger partial charge in [0.25, 0.3) is 11.6 Å². The van der Waals surface area contributed by atoms with Crippen LogP contribution in [-0.4, -0.2) is 16.7 Å². The molecule has 0 spiro atoms. The molecule has 0 aliphatic carbocycles. The minimum Gasteiger partial charge on any atom is -0.449 e. The number of nitrogens with one attached hydrogen (secondary N) is 2. The van der Waals surface area contributed by atoms with Crippen LogP contribution in [0.3, 0.4) is 0 Å². The lowest BCUT2D eigenvalue weighted by atomic mass is 10.1. The van der Waals surface area contributed by atoms with Crippen LogP contribution in [0.2, 0.25) is 0 Å². The van der Waals surface area contributed by atoms with Crippen LogP contribution in [0.1, 0.15) is 22.5 Å². The van der Waals surface area contributed by atoms with Gasteiger partial charge in [-0.15, -0.1) is 0 Å². The fourth-order valence-corrected chi connectivity index (χ4v) is 3.29. The normalized spacial score (nSPS) is 10.6. The minimum absolute atomic E-state index is 0.0439. The van der Waals surface area contributed by atoms with Crippen molar-refractivity contribution in [3.05, 3.63) is 100 Å². The highest BCUT2D eigenvalue weighted by molar-refractivity contribution is 6.14. The Hall–Kier alpha value is -4.46. The van der Waals surface area contributed by atoms with E-state index in [2.05, 4.69) is 10.6 Å². The van der Waals surface area contributed by atoms with Crippen molar-refractivity contribution in [2.45, 2.75) is 12.8 Å². The summed E-state index contributed by atoms with van der Waals surface area (Å²) in [5.74, 6) is -0.865. The number of nitro benzene ring substituents is 1. The zero-order valence-electron chi connectivity index (χ0n) is 16.9. The highest BCUT2D eigenvalue weighted by Gasteiger charge is 2.22. The average molecular weight is 429 g/mol. The second kappa shape index (κ2) is 9.13. The Kier molecular flexibility index (Phi) is 5.94. The quantitative estimate of drug-likeness (QED) is 0.311. The Bertz CT molecular complexity index is 1280. The van der Waals surface area contributed by atoms with E-state index >= 15 is 0 Å². The van der Waals surface area contributed by atoms with Crippen molar-refractivity contribution in [2.75, 3.05) is 10.6 Å². The number of hydrogen-bond acceptors (Lipinski definition) is 5. The standard InChI is InChI=1S/C24H19N3O5/c28-21(15-10-16-6-2-1-3-7-16)26-22-19-8-4-5-9-20(19)32-23(22)24(29)25-17-11-13-18(14-12-17)27(30)31/h1-9,11-14H,10,15H2,(H,25,29)(H,26,28). The smallest absolute Gasteiger partial charge is 0.293 e. The molecule has 32 heavy (non-hydrogen) atoms. The van der Waals surface area contributed by atoms with Crippen molar-refractivity contribution in [2.24, 2.45) is 0 Å². The summed E-state index contributed by atoms with van der Waals surface area (Å²) in [4.78, 5) is 35.8. The van der Waals surface area contributed by atoms with E-state index in [1.165, 1.54) is 24.3 Å². The zero-order valence-corrected chi connectivity index (χ0v) is 16.9. The summed E-state index contributed by atoms with van der Waals surface area (Å²) in [5, 5.41) is 16.9. The van der Waals surface area contributed by atoms with Crippen LogP contribution < -0.4 is 10.6 Å². The van der Waals surface area contributed by atoms with E-state index < -0.39 is 10.8 Å². The Morgan fingerprint density at radius 2 is 1.56 bits per heavy atom. The number of benzene rings is 3. The van der Waals surface area contributed by atoms with Crippen LogP contribution in [0.5, 0.6) is 0 Å². The van der Waals surface area contributed by atoms with Gasteiger partial charge < -0.3 is 15.1 Å². The summed E-state index contributed by atoms with van der Waals surface area (Å²) in [7, 11) is 0. The molecular formula is C24H19N3O5.